The van der Waals surface area contributed by atoms with Crippen LogP contribution in [0.1, 0.15) is 57.6 Å². The van der Waals surface area contributed by atoms with Gasteiger partial charge in [-0.05, 0) is 66.7 Å². The molecule has 1 atom stereocenters. The summed E-state index contributed by atoms with van der Waals surface area (Å²) in [5.41, 5.74) is 1.71. The van der Waals surface area contributed by atoms with E-state index in [0.29, 0.717) is 28.8 Å². The van der Waals surface area contributed by atoms with E-state index in [4.69, 9.17) is 4.74 Å². The van der Waals surface area contributed by atoms with Crippen molar-refractivity contribution >= 4 is 22.9 Å². The number of ether oxygens (including phenoxy) is 1. The predicted octanol–water partition coefficient (Wildman–Crippen LogP) is 2.92. The van der Waals surface area contributed by atoms with Gasteiger partial charge < -0.3 is 14.2 Å². The molecule has 0 aliphatic carbocycles. The van der Waals surface area contributed by atoms with Crippen LogP contribution in [0, 0.1) is 6.92 Å². The van der Waals surface area contributed by atoms with Crippen molar-refractivity contribution in [3.8, 4) is 0 Å². The molecule has 1 amide bonds. The first-order chi connectivity index (χ1) is 13.1. The van der Waals surface area contributed by atoms with Gasteiger partial charge in [-0.3, -0.25) is 9.59 Å². The number of rotatable bonds is 6. The zero-order valence-electron chi connectivity index (χ0n) is 17.6. The Labute approximate surface area is 165 Å². The molecule has 0 saturated carbocycles. The van der Waals surface area contributed by atoms with Crippen LogP contribution in [0.5, 0.6) is 0 Å². The Morgan fingerprint density at radius 2 is 1.75 bits per heavy atom. The van der Waals surface area contributed by atoms with Crippen LogP contribution in [-0.4, -0.2) is 44.5 Å². The van der Waals surface area contributed by atoms with E-state index in [1.54, 1.807) is 41.5 Å². The highest BCUT2D eigenvalue weighted by Crippen LogP contribution is 2.16. The van der Waals surface area contributed by atoms with Gasteiger partial charge in [-0.25, -0.2) is 9.78 Å². The Morgan fingerprint density at radius 3 is 2.29 bits per heavy atom. The molecule has 7 nitrogen and oxygen atoms in total. The van der Waals surface area contributed by atoms with E-state index < -0.39 is 12.1 Å². The van der Waals surface area contributed by atoms with Gasteiger partial charge in [0, 0.05) is 18.6 Å². The van der Waals surface area contributed by atoms with Gasteiger partial charge in [-0.15, -0.1) is 0 Å². The molecule has 0 bridgehead atoms. The summed E-state index contributed by atoms with van der Waals surface area (Å²) in [6.07, 6.45) is -0.896. The molecule has 1 aromatic carbocycles. The lowest BCUT2D eigenvalue weighted by Gasteiger charge is -2.32. The molecular formula is C21H29N3O4. The average molecular weight is 387 g/mol. The van der Waals surface area contributed by atoms with Gasteiger partial charge in [0.15, 0.2) is 6.10 Å². The van der Waals surface area contributed by atoms with Crippen molar-refractivity contribution in [1.82, 2.24) is 14.5 Å². The van der Waals surface area contributed by atoms with Crippen LogP contribution in [0.4, 0.5) is 0 Å². The molecule has 28 heavy (non-hydrogen) atoms. The van der Waals surface area contributed by atoms with Crippen LogP contribution >= 0.6 is 0 Å². The Hall–Kier alpha value is -2.70. The second-order valence-electron chi connectivity index (χ2n) is 7.43. The first kappa shape index (κ1) is 21.6. The Kier molecular flexibility index (Phi) is 6.59. The quantitative estimate of drug-likeness (QED) is 0.712. The Morgan fingerprint density at radius 1 is 1.14 bits per heavy atom. The fourth-order valence-corrected chi connectivity index (χ4v) is 3.41. The molecule has 7 heteroatoms. The van der Waals surface area contributed by atoms with Crippen LogP contribution in [0.3, 0.4) is 0 Å². The van der Waals surface area contributed by atoms with Gasteiger partial charge >= 0.3 is 5.97 Å². The summed E-state index contributed by atoms with van der Waals surface area (Å²) < 4.78 is 7.03. The van der Waals surface area contributed by atoms with Crippen molar-refractivity contribution in [1.29, 1.82) is 0 Å². The number of nitrogens with zero attached hydrogens (tertiary/aromatic N) is 3. The minimum atomic E-state index is -0.896. The molecule has 0 unspecified atom stereocenters. The maximum Gasteiger partial charge on any atom is 0.338 e. The molecule has 1 heterocycles. The first-order valence-corrected chi connectivity index (χ1v) is 9.62. The highest BCUT2D eigenvalue weighted by atomic mass is 16.5. The zero-order chi connectivity index (χ0) is 21.2. The van der Waals surface area contributed by atoms with Crippen LogP contribution in [0.15, 0.2) is 23.0 Å². The number of aryl methyl sites for hydroxylation is 2. The van der Waals surface area contributed by atoms with Crippen molar-refractivity contribution in [2.24, 2.45) is 0 Å². The van der Waals surface area contributed by atoms with Gasteiger partial charge in [-0.1, -0.05) is 0 Å². The monoisotopic (exact) mass is 387 g/mol. The van der Waals surface area contributed by atoms with E-state index >= 15 is 0 Å². The molecule has 2 aromatic rings. The topological polar surface area (TPSA) is 81.5 Å². The first-order valence-electron chi connectivity index (χ1n) is 9.62. The molecule has 0 radical (unpaired) electrons. The number of fused-ring (bicyclic) bond motifs is 1. The number of carbonyl (C=O) groups excluding carboxylic acids is 2. The van der Waals surface area contributed by atoms with E-state index in [9.17, 15) is 14.4 Å². The second-order valence-corrected chi connectivity index (χ2v) is 7.43. The minimum absolute atomic E-state index is 0.00673. The van der Waals surface area contributed by atoms with Gasteiger partial charge in [-0.2, -0.15) is 0 Å². The maximum absolute atomic E-state index is 12.7. The smallest absolute Gasteiger partial charge is 0.338 e. The lowest BCUT2D eigenvalue weighted by molar-refractivity contribution is -0.143. The van der Waals surface area contributed by atoms with Gasteiger partial charge in [0.25, 0.3) is 11.5 Å². The van der Waals surface area contributed by atoms with E-state index in [1.165, 1.54) is 0 Å². The predicted molar refractivity (Wildman–Crippen MR) is 108 cm³/mol. The summed E-state index contributed by atoms with van der Waals surface area (Å²) in [6.45, 7) is 13.3. The standard InChI is InChI=1S/C21H29N3O4/c1-8-23-18-10-9-16(11-17(18)22-14(6)19(23)25)21(27)28-15(7)20(26)24(12(2)3)13(4)5/h9-13,15H,8H2,1-7H3/t15-/m1/s1. The van der Waals surface area contributed by atoms with Crippen LogP contribution in [0.25, 0.3) is 11.0 Å². The molecule has 2 rings (SSSR count). The summed E-state index contributed by atoms with van der Waals surface area (Å²) in [6, 6.07) is 4.88. The van der Waals surface area contributed by atoms with Gasteiger partial charge in [0.1, 0.15) is 5.69 Å². The number of hydrogen-bond donors (Lipinski definition) is 0. The largest absolute Gasteiger partial charge is 0.449 e. The lowest BCUT2D eigenvalue weighted by Crippen LogP contribution is -2.47. The summed E-state index contributed by atoms with van der Waals surface area (Å²) in [7, 11) is 0. The van der Waals surface area contributed by atoms with E-state index in [-0.39, 0.29) is 23.6 Å². The van der Waals surface area contributed by atoms with Crippen molar-refractivity contribution < 1.29 is 14.3 Å². The zero-order valence-corrected chi connectivity index (χ0v) is 17.6. The minimum Gasteiger partial charge on any atom is -0.449 e. The highest BCUT2D eigenvalue weighted by Gasteiger charge is 2.28. The molecule has 152 valence electrons. The highest BCUT2D eigenvalue weighted by molar-refractivity contribution is 5.95. The summed E-state index contributed by atoms with van der Waals surface area (Å²) >= 11 is 0. The number of benzene rings is 1. The van der Waals surface area contributed by atoms with Crippen molar-refractivity contribution in [2.45, 2.75) is 73.2 Å². The number of aromatic nitrogens is 2. The van der Waals surface area contributed by atoms with Crippen molar-refractivity contribution in [3.05, 3.63) is 39.8 Å². The van der Waals surface area contributed by atoms with Gasteiger partial charge in [0.2, 0.25) is 0 Å². The molecule has 0 aliphatic rings. The fourth-order valence-electron chi connectivity index (χ4n) is 3.41. The number of amides is 1. The average Bonchev–Trinajstić information content (AvgIpc) is 2.61. The molecular weight excluding hydrogens is 358 g/mol. The van der Waals surface area contributed by atoms with E-state index in [2.05, 4.69) is 4.98 Å². The molecule has 0 spiro atoms. The third-order valence-electron chi connectivity index (χ3n) is 4.66. The Balaban J connectivity index is 2.29. The third kappa shape index (κ3) is 4.24. The molecule has 0 aliphatic heterocycles. The van der Waals surface area contributed by atoms with Crippen molar-refractivity contribution in [3.63, 3.8) is 0 Å². The Bertz CT molecular complexity index is 939. The number of carbonyl (C=O) groups is 2. The van der Waals surface area contributed by atoms with E-state index in [1.807, 2.05) is 34.6 Å². The van der Waals surface area contributed by atoms with Gasteiger partial charge in [0.05, 0.1) is 16.6 Å². The lowest BCUT2D eigenvalue weighted by atomic mass is 10.1. The molecule has 0 saturated heterocycles. The molecule has 0 fully saturated rings. The molecule has 1 aromatic heterocycles. The fraction of sp³-hybridized carbons (Fsp3) is 0.524. The summed E-state index contributed by atoms with van der Waals surface area (Å²) in [4.78, 5) is 43.4. The van der Waals surface area contributed by atoms with Crippen LogP contribution in [-0.2, 0) is 16.1 Å². The molecule has 0 N–H and O–H groups in total. The van der Waals surface area contributed by atoms with E-state index in [0.717, 1.165) is 0 Å². The van der Waals surface area contributed by atoms with Crippen molar-refractivity contribution in [2.75, 3.05) is 0 Å². The summed E-state index contributed by atoms with van der Waals surface area (Å²) in [5.74, 6) is -0.822. The normalized spacial score (nSPS) is 12.5. The van der Waals surface area contributed by atoms with Crippen LogP contribution < -0.4 is 5.56 Å². The third-order valence-corrected chi connectivity index (χ3v) is 4.66. The second kappa shape index (κ2) is 8.54. The summed E-state index contributed by atoms with van der Waals surface area (Å²) in [5, 5.41) is 0. The SMILES string of the molecule is CCn1c(=O)c(C)nc2cc(C(=O)O[C@H](C)C(=O)N(C(C)C)C(C)C)ccc21. The van der Waals surface area contributed by atoms with Crippen LogP contribution in [0.2, 0.25) is 0 Å². The maximum atomic E-state index is 12.7. The number of hydrogen-bond acceptors (Lipinski definition) is 5. The number of esters is 1.